The third-order valence-electron chi connectivity index (χ3n) is 3.78. The first-order valence-corrected chi connectivity index (χ1v) is 4.73. The fourth-order valence-electron chi connectivity index (χ4n) is 3.01. The molecule has 0 spiro atoms. The SMILES string of the molecule is O=C1OC2C3[C@@H]2[C@@]13c1cccc(F)c1. The number of benzene rings is 1. The Kier molecular flexibility index (Phi) is 0.857. The maximum atomic E-state index is 13.0. The number of hydrogen-bond acceptors (Lipinski definition) is 2. The van der Waals surface area contributed by atoms with Crippen LogP contribution in [0.5, 0.6) is 0 Å². The lowest BCUT2D eigenvalue weighted by atomic mass is 9.87. The lowest BCUT2D eigenvalue weighted by molar-refractivity contribution is -0.139. The van der Waals surface area contributed by atoms with Crippen LogP contribution in [0.1, 0.15) is 5.56 Å². The zero-order valence-electron chi connectivity index (χ0n) is 7.24. The van der Waals surface area contributed by atoms with E-state index in [0.29, 0.717) is 11.8 Å². The van der Waals surface area contributed by atoms with Gasteiger partial charge >= 0.3 is 5.97 Å². The summed E-state index contributed by atoms with van der Waals surface area (Å²) >= 11 is 0. The van der Waals surface area contributed by atoms with E-state index in [-0.39, 0.29) is 17.9 Å². The van der Waals surface area contributed by atoms with Gasteiger partial charge in [0.05, 0.1) is 0 Å². The minimum Gasteiger partial charge on any atom is -0.461 e. The van der Waals surface area contributed by atoms with Crippen molar-refractivity contribution in [3.8, 4) is 0 Å². The summed E-state index contributed by atoms with van der Waals surface area (Å²) < 4.78 is 18.1. The summed E-state index contributed by atoms with van der Waals surface area (Å²) in [6.07, 6.45) is 0.158. The third kappa shape index (κ3) is 0.494. The van der Waals surface area contributed by atoms with Crippen molar-refractivity contribution in [3.05, 3.63) is 35.6 Å². The second-order valence-corrected chi connectivity index (χ2v) is 4.30. The summed E-state index contributed by atoms with van der Waals surface area (Å²) in [6.45, 7) is 0. The van der Waals surface area contributed by atoms with Crippen molar-refractivity contribution in [2.45, 2.75) is 11.5 Å². The molecule has 5 rings (SSSR count). The topological polar surface area (TPSA) is 26.3 Å². The molecule has 1 aromatic carbocycles. The normalized spacial score (nSPS) is 45.8. The highest BCUT2D eigenvalue weighted by molar-refractivity contribution is 5.97. The zero-order valence-corrected chi connectivity index (χ0v) is 7.24. The Hall–Kier alpha value is -1.38. The van der Waals surface area contributed by atoms with Crippen LogP contribution >= 0.6 is 0 Å². The van der Waals surface area contributed by atoms with Crippen LogP contribution in [-0.4, -0.2) is 12.1 Å². The highest BCUT2D eigenvalue weighted by Crippen LogP contribution is 2.83. The highest BCUT2D eigenvalue weighted by Gasteiger charge is 2.95. The van der Waals surface area contributed by atoms with Gasteiger partial charge in [-0.1, -0.05) is 12.1 Å². The van der Waals surface area contributed by atoms with Crippen LogP contribution in [-0.2, 0) is 14.9 Å². The molecule has 0 radical (unpaired) electrons. The number of ether oxygens (including phenoxy) is 1. The Bertz CT molecular complexity index is 458. The molecule has 0 N–H and O–H groups in total. The molecule has 70 valence electrons. The fraction of sp³-hybridized carbons (Fsp3) is 0.364. The molecule has 2 aliphatic carbocycles. The van der Waals surface area contributed by atoms with Gasteiger partial charge in [-0.05, 0) is 17.7 Å². The van der Waals surface area contributed by atoms with E-state index in [1.165, 1.54) is 12.1 Å². The zero-order chi connectivity index (χ0) is 9.50. The van der Waals surface area contributed by atoms with Crippen LogP contribution in [0.4, 0.5) is 4.39 Å². The van der Waals surface area contributed by atoms with E-state index < -0.39 is 5.41 Å². The maximum absolute atomic E-state index is 13.0. The molecule has 1 aromatic rings. The summed E-state index contributed by atoms with van der Waals surface area (Å²) in [5.41, 5.74) is 0.360. The first-order chi connectivity index (χ1) is 6.76. The summed E-state index contributed by atoms with van der Waals surface area (Å²) in [5, 5.41) is 0. The van der Waals surface area contributed by atoms with Gasteiger partial charge in [0.2, 0.25) is 0 Å². The van der Waals surface area contributed by atoms with E-state index in [4.69, 9.17) is 4.74 Å². The molecule has 4 fully saturated rings. The molecule has 3 heteroatoms. The van der Waals surface area contributed by atoms with Crippen LogP contribution < -0.4 is 0 Å². The van der Waals surface area contributed by atoms with E-state index in [9.17, 15) is 9.18 Å². The average Bonchev–Trinajstić information content (AvgIpc) is 2.97. The van der Waals surface area contributed by atoms with Gasteiger partial charge in [0.25, 0.3) is 0 Å². The lowest BCUT2D eigenvalue weighted by Gasteiger charge is -2.10. The van der Waals surface area contributed by atoms with Crippen LogP contribution in [0.25, 0.3) is 0 Å². The molecule has 2 bridgehead atoms. The number of rotatable bonds is 1. The number of esters is 1. The Labute approximate surface area is 79.7 Å². The van der Waals surface area contributed by atoms with E-state index in [1.807, 2.05) is 6.07 Å². The number of halogens is 1. The average molecular weight is 190 g/mol. The van der Waals surface area contributed by atoms with Gasteiger partial charge < -0.3 is 4.74 Å². The third-order valence-corrected chi connectivity index (χ3v) is 3.78. The van der Waals surface area contributed by atoms with Crippen molar-refractivity contribution in [3.63, 3.8) is 0 Å². The Morgan fingerprint density at radius 2 is 2.14 bits per heavy atom. The molecule has 14 heavy (non-hydrogen) atoms. The summed E-state index contributed by atoms with van der Waals surface area (Å²) in [5.74, 6) is 0.288. The minimum absolute atomic E-state index is 0.150. The number of carbonyl (C=O) groups excluding carboxylic acids is 1. The predicted octanol–water partition coefficient (Wildman–Crippen LogP) is 1.25. The molecular weight excluding hydrogens is 183 g/mol. The summed E-state index contributed by atoms with van der Waals surface area (Å²) in [6, 6.07) is 6.32. The standard InChI is InChI=1S/C11H7FO2/c12-6-3-1-2-5(4-6)11-7-8(11)9(7)14-10(11)13/h1-4,7-9H/t7-,8?,9?,11+/m0/s1. The molecule has 2 unspecified atom stereocenters. The van der Waals surface area contributed by atoms with Crippen LogP contribution in [0.3, 0.4) is 0 Å². The first-order valence-electron chi connectivity index (χ1n) is 4.73. The van der Waals surface area contributed by atoms with Gasteiger partial charge in [-0.3, -0.25) is 4.79 Å². The molecular formula is C11H7FO2. The highest BCUT2D eigenvalue weighted by atomic mass is 19.1. The van der Waals surface area contributed by atoms with Gasteiger partial charge in [-0.15, -0.1) is 0 Å². The second kappa shape index (κ2) is 1.72. The van der Waals surface area contributed by atoms with Gasteiger partial charge in [0, 0.05) is 11.8 Å². The molecule has 4 atom stereocenters. The lowest BCUT2D eigenvalue weighted by Crippen LogP contribution is -2.21. The van der Waals surface area contributed by atoms with E-state index in [0.717, 1.165) is 5.56 Å². The van der Waals surface area contributed by atoms with Crippen molar-refractivity contribution in [2.24, 2.45) is 11.8 Å². The van der Waals surface area contributed by atoms with E-state index in [2.05, 4.69) is 0 Å². The molecule has 2 nitrogen and oxygen atoms in total. The van der Waals surface area contributed by atoms with Crippen molar-refractivity contribution in [2.75, 3.05) is 0 Å². The molecule has 0 aromatic heterocycles. The molecule has 2 saturated heterocycles. The molecule has 4 aliphatic rings. The predicted molar refractivity (Wildman–Crippen MR) is 44.9 cm³/mol. The molecule has 2 heterocycles. The Morgan fingerprint density at radius 1 is 1.36 bits per heavy atom. The van der Waals surface area contributed by atoms with Gasteiger partial charge in [0.15, 0.2) is 0 Å². The largest absolute Gasteiger partial charge is 0.461 e. The summed E-state index contributed by atoms with van der Waals surface area (Å²) in [7, 11) is 0. The van der Waals surface area contributed by atoms with Crippen molar-refractivity contribution in [1.29, 1.82) is 0 Å². The van der Waals surface area contributed by atoms with E-state index >= 15 is 0 Å². The van der Waals surface area contributed by atoms with Crippen LogP contribution in [0, 0.1) is 17.7 Å². The Balaban J connectivity index is 1.87. The maximum Gasteiger partial charge on any atom is 0.317 e. The second-order valence-electron chi connectivity index (χ2n) is 4.30. The number of hydrogen-bond donors (Lipinski definition) is 0. The summed E-state index contributed by atoms with van der Waals surface area (Å²) in [4.78, 5) is 11.5. The fourth-order valence-corrected chi connectivity index (χ4v) is 3.01. The van der Waals surface area contributed by atoms with Gasteiger partial charge in [-0.25, -0.2) is 4.39 Å². The van der Waals surface area contributed by atoms with Gasteiger partial charge in [-0.2, -0.15) is 0 Å². The number of carbonyl (C=O) groups is 1. The quantitative estimate of drug-likeness (QED) is 0.623. The van der Waals surface area contributed by atoms with Crippen LogP contribution in [0.15, 0.2) is 24.3 Å². The van der Waals surface area contributed by atoms with Gasteiger partial charge in [0.1, 0.15) is 17.3 Å². The van der Waals surface area contributed by atoms with Crippen molar-refractivity contribution in [1.82, 2.24) is 0 Å². The van der Waals surface area contributed by atoms with Crippen LogP contribution in [0.2, 0.25) is 0 Å². The van der Waals surface area contributed by atoms with Crippen molar-refractivity contribution >= 4 is 5.97 Å². The van der Waals surface area contributed by atoms with Crippen molar-refractivity contribution < 1.29 is 13.9 Å². The monoisotopic (exact) mass is 190 g/mol. The smallest absolute Gasteiger partial charge is 0.317 e. The van der Waals surface area contributed by atoms with E-state index in [1.54, 1.807) is 6.07 Å². The molecule has 0 amide bonds. The Morgan fingerprint density at radius 3 is 2.71 bits per heavy atom. The molecule has 2 aliphatic heterocycles. The first kappa shape index (κ1) is 6.98. The minimum atomic E-state index is -0.438. The number of fused-ring (bicyclic) bond motifs is 1. The molecule has 2 saturated carbocycles.